The average Bonchev–Trinajstić information content (AvgIpc) is 2.89. The summed E-state index contributed by atoms with van der Waals surface area (Å²) in [6, 6.07) is 16.4. The summed E-state index contributed by atoms with van der Waals surface area (Å²) in [5, 5.41) is 1.15. The van der Waals surface area contributed by atoms with Gasteiger partial charge in [0, 0.05) is 11.2 Å². The normalized spacial score (nSPS) is 12.5. The van der Waals surface area contributed by atoms with Crippen LogP contribution in [0.15, 0.2) is 48.5 Å². The number of para-hydroxylation sites is 1. The van der Waals surface area contributed by atoms with Crippen LogP contribution in [0.2, 0.25) is 0 Å². The molecule has 0 amide bonds. The number of ether oxygens (including phenoxy) is 1. The van der Waals surface area contributed by atoms with Gasteiger partial charge in [-0.25, -0.2) is 4.98 Å². The number of alkyl halides is 1. The van der Waals surface area contributed by atoms with E-state index >= 15 is 0 Å². The van der Waals surface area contributed by atoms with Gasteiger partial charge in [-0.2, -0.15) is 0 Å². The summed E-state index contributed by atoms with van der Waals surface area (Å²) in [5.41, 5.74) is 2.29. The van der Waals surface area contributed by atoms with E-state index in [-0.39, 0.29) is 4.83 Å². The van der Waals surface area contributed by atoms with E-state index in [1.807, 2.05) is 18.2 Å². The zero-order chi connectivity index (χ0) is 13.9. The fourth-order valence-corrected chi connectivity index (χ4v) is 3.93. The lowest BCUT2D eigenvalue weighted by atomic mass is 10.1. The summed E-state index contributed by atoms with van der Waals surface area (Å²) in [6.45, 7) is 0. The molecule has 20 heavy (non-hydrogen) atoms. The highest BCUT2D eigenvalue weighted by Gasteiger charge is 2.12. The standard InChI is InChI=1S/C16H14BrNOS/c1-19-12-6-4-5-11(9-12)13(17)10-16-18-14-7-2-3-8-15(14)20-16/h2-9,13H,10H2,1H3. The Labute approximate surface area is 130 Å². The minimum atomic E-state index is 0.248. The second-order valence-corrected chi connectivity index (χ2v) is 6.74. The first kappa shape index (κ1) is 13.6. The number of rotatable bonds is 4. The van der Waals surface area contributed by atoms with Crippen molar-refractivity contribution < 1.29 is 4.74 Å². The van der Waals surface area contributed by atoms with Crippen molar-refractivity contribution in [1.29, 1.82) is 0 Å². The Morgan fingerprint density at radius 3 is 2.85 bits per heavy atom. The van der Waals surface area contributed by atoms with Crippen LogP contribution in [0.1, 0.15) is 15.4 Å². The van der Waals surface area contributed by atoms with Crippen molar-refractivity contribution >= 4 is 37.5 Å². The van der Waals surface area contributed by atoms with Crippen LogP contribution in [0.4, 0.5) is 0 Å². The first-order valence-corrected chi connectivity index (χ1v) is 8.12. The molecule has 3 aromatic rings. The number of halogens is 1. The summed E-state index contributed by atoms with van der Waals surface area (Å²) in [7, 11) is 1.69. The maximum absolute atomic E-state index is 5.27. The number of aromatic nitrogens is 1. The minimum Gasteiger partial charge on any atom is -0.497 e. The van der Waals surface area contributed by atoms with E-state index in [9.17, 15) is 0 Å². The zero-order valence-electron chi connectivity index (χ0n) is 11.0. The molecule has 0 saturated heterocycles. The molecule has 0 N–H and O–H groups in total. The lowest BCUT2D eigenvalue weighted by Gasteiger charge is -2.09. The van der Waals surface area contributed by atoms with Crippen LogP contribution >= 0.6 is 27.3 Å². The van der Waals surface area contributed by atoms with Gasteiger partial charge in [-0.1, -0.05) is 40.2 Å². The van der Waals surface area contributed by atoms with E-state index in [2.05, 4.69) is 51.2 Å². The molecule has 0 aliphatic heterocycles. The molecule has 0 radical (unpaired) electrons. The van der Waals surface area contributed by atoms with Gasteiger partial charge in [-0.3, -0.25) is 0 Å². The summed E-state index contributed by atoms with van der Waals surface area (Å²) in [5.74, 6) is 0.885. The van der Waals surface area contributed by atoms with Gasteiger partial charge < -0.3 is 4.74 Å². The Hall–Kier alpha value is -1.39. The highest BCUT2D eigenvalue weighted by molar-refractivity contribution is 9.09. The molecule has 0 fully saturated rings. The largest absolute Gasteiger partial charge is 0.497 e. The Morgan fingerprint density at radius 1 is 1.20 bits per heavy atom. The number of benzene rings is 2. The molecule has 3 rings (SSSR count). The number of nitrogens with zero attached hydrogens (tertiary/aromatic N) is 1. The van der Waals surface area contributed by atoms with Crippen molar-refractivity contribution in [1.82, 2.24) is 4.98 Å². The van der Waals surface area contributed by atoms with Crippen LogP contribution < -0.4 is 4.74 Å². The van der Waals surface area contributed by atoms with Crippen LogP contribution in [-0.4, -0.2) is 12.1 Å². The molecule has 0 aliphatic carbocycles. The lowest BCUT2D eigenvalue weighted by molar-refractivity contribution is 0.414. The van der Waals surface area contributed by atoms with Crippen molar-refractivity contribution in [2.45, 2.75) is 11.2 Å². The maximum atomic E-state index is 5.27. The van der Waals surface area contributed by atoms with Gasteiger partial charge in [0.15, 0.2) is 0 Å². The van der Waals surface area contributed by atoms with Crippen molar-refractivity contribution in [3.63, 3.8) is 0 Å². The van der Waals surface area contributed by atoms with E-state index in [4.69, 9.17) is 4.74 Å². The summed E-state index contributed by atoms with van der Waals surface area (Å²) in [6.07, 6.45) is 0.881. The third-order valence-corrected chi connectivity index (χ3v) is 5.06. The number of fused-ring (bicyclic) bond motifs is 1. The molecule has 102 valence electrons. The lowest BCUT2D eigenvalue weighted by Crippen LogP contribution is -1.95. The smallest absolute Gasteiger partial charge is 0.119 e. The molecule has 0 bridgehead atoms. The first-order chi connectivity index (χ1) is 9.76. The summed E-state index contributed by atoms with van der Waals surface area (Å²) < 4.78 is 6.51. The molecule has 2 nitrogen and oxygen atoms in total. The summed E-state index contributed by atoms with van der Waals surface area (Å²) >= 11 is 5.51. The molecule has 0 saturated carbocycles. The maximum Gasteiger partial charge on any atom is 0.119 e. The third-order valence-electron chi connectivity index (χ3n) is 3.15. The number of hydrogen-bond acceptors (Lipinski definition) is 3. The monoisotopic (exact) mass is 347 g/mol. The molecule has 0 aliphatic rings. The SMILES string of the molecule is COc1cccc(C(Br)Cc2nc3ccccc3s2)c1. The minimum absolute atomic E-state index is 0.248. The first-order valence-electron chi connectivity index (χ1n) is 6.39. The zero-order valence-corrected chi connectivity index (χ0v) is 13.4. The number of thiazole rings is 1. The molecular weight excluding hydrogens is 334 g/mol. The molecular formula is C16H14BrNOS. The van der Waals surface area contributed by atoms with Gasteiger partial charge in [0.05, 0.1) is 22.3 Å². The predicted molar refractivity (Wildman–Crippen MR) is 88.0 cm³/mol. The molecule has 1 atom stereocenters. The Balaban J connectivity index is 1.82. The van der Waals surface area contributed by atoms with Gasteiger partial charge in [-0.15, -0.1) is 11.3 Å². The molecule has 0 spiro atoms. The molecule has 1 aromatic heterocycles. The predicted octanol–water partition coefficient (Wildman–Crippen LogP) is 4.98. The van der Waals surface area contributed by atoms with Gasteiger partial charge >= 0.3 is 0 Å². The van der Waals surface area contributed by atoms with Crippen molar-refractivity contribution in [2.75, 3.05) is 7.11 Å². The topological polar surface area (TPSA) is 22.1 Å². The van der Waals surface area contributed by atoms with Crippen LogP contribution in [0.5, 0.6) is 5.75 Å². The highest BCUT2D eigenvalue weighted by atomic mass is 79.9. The van der Waals surface area contributed by atoms with E-state index in [0.29, 0.717) is 0 Å². The van der Waals surface area contributed by atoms with Crippen molar-refractivity contribution in [3.05, 3.63) is 59.1 Å². The fourth-order valence-electron chi connectivity index (χ4n) is 2.11. The van der Waals surface area contributed by atoms with Gasteiger partial charge in [0.25, 0.3) is 0 Å². The van der Waals surface area contributed by atoms with E-state index in [1.54, 1.807) is 18.4 Å². The Kier molecular flexibility index (Phi) is 4.03. The Morgan fingerprint density at radius 2 is 2.05 bits per heavy atom. The van der Waals surface area contributed by atoms with Gasteiger partial charge in [0.1, 0.15) is 5.75 Å². The molecule has 4 heteroatoms. The van der Waals surface area contributed by atoms with Crippen molar-refractivity contribution in [2.24, 2.45) is 0 Å². The molecule has 1 heterocycles. The average molecular weight is 348 g/mol. The van der Waals surface area contributed by atoms with Crippen LogP contribution in [0, 0.1) is 0 Å². The number of hydrogen-bond donors (Lipinski definition) is 0. The second-order valence-electron chi connectivity index (χ2n) is 4.52. The summed E-state index contributed by atoms with van der Waals surface area (Å²) in [4.78, 5) is 4.93. The van der Waals surface area contributed by atoms with Crippen LogP contribution in [-0.2, 0) is 6.42 Å². The Bertz CT molecular complexity index is 692. The fraction of sp³-hybridized carbons (Fsp3) is 0.188. The second kappa shape index (κ2) is 5.94. The van der Waals surface area contributed by atoms with Gasteiger partial charge in [-0.05, 0) is 29.8 Å². The van der Waals surface area contributed by atoms with Crippen molar-refractivity contribution in [3.8, 4) is 5.75 Å². The third kappa shape index (κ3) is 2.86. The molecule has 2 aromatic carbocycles. The molecule has 1 unspecified atom stereocenters. The van der Waals surface area contributed by atoms with Crippen LogP contribution in [0.25, 0.3) is 10.2 Å². The quantitative estimate of drug-likeness (QED) is 0.620. The van der Waals surface area contributed by atoms with E-state index in [0.717, 1.165) is 22.7 Å². The van der Waals surface area contributed by atoms with E-state index < -0.39 is 0 Å². The van der Waals surface area contributed by atoms with Gasteiger partial charge in [0.2, 0.25) is 0 Å². The van der Waals surface area contributed by atoms with Crippen LogP contribution in [0.3, 0.4) is 0 Å². The highest BCUT2D eigenvalue weighted by Crippen LogP contribution is 2.32. The number of methoxy groups -OCH3 is 1. The van der Waals surface area contributed by atoms with E-state index in [1.165, 1.54) is 10.3 Å².